The van der Waals surface area contributed by atoms with Gasteiger partial charge < -0.3 is 15.0 Å². The number of fused-ring (bicyclic) bond motifs is 1. The lowest BCUT2D eigenvalue weighted by Crippen LogP contribution is -2.20. The van der Waals surface area contributed by atoms with E-state index in [1.165, 1.54) is 7.11 Å². The molecule has 3 N–H and O–H groups in total. The number of carbonyl (C=O) groups excluding carboxylic acids is 2. The molecule has 0 radical (unpaired) electrons. The maximum Gasteiger partial charge on any atom is 0.276 e. The Balaban J connectivity index is 1.79. The summed E-state index contributed by atoms with van der Waals surface area (Å²) in [4.78, 5) is 33.9. The number of methoxy groups -OCH3 is 1. The number of rotatable bonds is 8. The maximum absolute atomic E-state index is 13.1. The molecule has 10 nitrogen and oxygen atoms in total. The molecule has 4 rings (SSSR count). The Bertz CT molecular complexity index is 1330. The highest BCUT2D eigenvalue weighted by Gasteiger charge is 2.21. The quantitative estimate of drug-likeness (QED) is 0.427. The van der Waals surface area contributed by atoms with E-state index >= 15 is 0 Å². The molecule has 2 amide bonds. The first kappa shape index (κ1) is 22.0. The van der Waals surface area contributed by atoms with Crippen molar-refractivity contribution in [2.75, 3.05) is 12.4 Å². The van der Waals surface area contributed by atoms with Crippen LogP contribution in [0.15, 0.2) is 42.6 Å². The van der Waals surface area contributed by atoms with Crippen LogP contribution in [-0.4, -0.2) is 43.2 Å². The first-order chi connectivity index (χ1) is 15.9. The van der Waals surface area contributed by atoms with Crippen molar-refractivity contribution < 1.29 is 14.3 Å². The van der Waals surface area contributed by atoms with Gasteiger partial charge in [-0.2, -0.15) is 5.10 Å². The van der Waals surface area contributed by atoms with E-state index in [4.69, 9.17) is 10.5 Å². The number of nitrogens with zero attached hydrogens (tertiary/aromatic N) is 5. The van der Waals surface area contributed by atoms with Gasteiger partial charge in [0, 0.05) is 37.0 Å². The first-order valence-corrected chi connectivity index (χ1v) is 10.5. The molecule has 0 atom stereocenters. The fourth-order valence-corrected chi connectivity index (χ4v) is 3.75. The summed E-state index contributed by atoms with van der Waals surface area (Å²) in [6, 6.07) is 10.6. The number of aromatic nitrogens is 5. The second kappa shape index (κ2) is 9.11. The maximum atomic E-state index is 13.1. The third-order valence-corrected chi connectivity index (χ3v) is 5.29. The van der Waals surface area contributed by atoms with Crippen molar-refractivity contribution in [2.24, 2.45) is 5.73 Å². The second-order valence-corrected chi connectivity index (χ2v) is 7.51. The normalized spacial score (nSPS) is 11.0. The van der Waals surface area contributed by atoms with Crippen molar-refractivity contribution in [3.05, 3.63) is 65.2 Å². The number of hydrogen-bond acceptors (Lipinski definition) is 6. The van der Waals surface area contributed by atoms with Crippen molar-refractivity contribution in [1.29, 1.82) is 0 Å². The number of anilines is 1. The van der Waals surface area contributed by atoms with Gasteiger partial charge in [0.2, 0.25) is 11.9 Å². The Hall–Kier alpha value is -4.21. The molecule has 0 spiro atoms. The number of pyridine rings is 1. The fourth-order valence-electron chi connectivity index (χ4n) is 3.75. The average molecular weight is 447 g/mol. The summed E-state index contributed by atoms with van der Waals surface area (Å²) in [7, 11) is 1.51. The van der Waals surface area contributed by atoms with Crippen molar-refractivity contribution in [1.82, 2.24) is 24.3 Å². The molecule has 0 aliphatic heterocycles. The minimum atomic E-state index is -0.592. The SMILES string of the molecule is CCn1nc(C)cc1C(=O)Nc1nc2cc(C(N)=O)cc(OC)c2n1CCc1ccccn1. The molecule has 0 fully saturated rings. The molecule has 33 heavy (non-hydrogen) atoms. The molecular formula is C23H25N7O3. The number of aryl methyl sites for hydroxylation is 4. The van der Waals surface area contributed by atoms with Gasteiger partial charge in [-0.25, -0.2) is 4.98 Å². The van der Waals surface area contributed by atoms with Crippen LogP contribution in [0.3, 0.4) is 0 Å². The van der Waals surface area contributed by atoms with Crippen LogP contribution in [0.5, 0.6) is 5.75 Å². The summed E-state index contributed by atoms with van der Waals surface area (Å²) in [5.41, 5.74) is 8.96. The molecule has 0 aliphatic carbocycles. The van der Waals surface area contributed by atoms with E-state index in [1.807, 2.05) is 36.6 Å². The van der Waals surface area contributed by atoms with E-state index in [2.05, 4.69) is 20.4 Å². The molecule has 10 heteroatoms. The van der Waals surface area contributed by atoms with E-state index in [9.17, 15) is 9.59 Å². The van der Waals surface area contributed by atoms with E-state index in [-0.39, 0.29) is 11.5 Å². The van der Waals surface area contributed by atoms with Gasteiger partial charge in [0.1, 0.15) is 17.0 Å². The van der Waals surface area contributed by atoms with E-state index < -0.39 is 5.91 Å². The lowest BCUT2D eigenvalue weighted by molar-refractivity contribution is 0.0995. The zero-order valence-electron chi connectivity index (χ0n) is 18.7. The van der Waals surface area contributed by atoms with E-state index in [0.717, 1.165) is 11.4 Å². The smallest absolute Gasteiger partial charge is 0.276 e. The van der Waals surface area contributed by atoms with E-state index in [0.29, 0.717) is 47.9 Å². The van der Waals surface area contributed by atoms with Crippen LogP contribution in [0.25, 0.3) is 11.0 Å². The largest absolute Gasteiger partial charge is 0.494 e. The zero-order chi connectivity index (χ0) is 23.5. The van der Waals surface area contributed by atoms with Crippen molar-refractivity contribution in [2.45, 2.75) is 33.4 Å². The summed E-state index contributed by atoms with van der Waals surface area (Å²) < 4.78 is 9.03. The lowest BCUT2D eigenvalue weighted by atomic mass is 10.1. The average Bonchev–Trinajstić information content (AvgIpc) is 3.37. The molecule has 3 aromatic heterocycles. The first-order valence-electron chi connectivity index (χ1n) is 10.5. The molecule has 4 aromatic rings. The topological polar surface area (TPSA) is 130 Å². The highest BCUT2D eigenvalue weighted by molar-refractivity contribution is 6.04. The molecule has 0 unspecified atom stereocenters. The predicted octanol–water partition coefficient (Wildman–Crippen LogP) is 2.56. The number of primary amides is 1. The standard InChI is InChI=1S/C23H25N7O3/c1-4-30-18(11-14(2)28-30)22(32)27-23-26-17-12-15(21(24)31)13-19(33-3)20(17)29(23)10-8-16-7-5-6-9-25-16/h5-7,9,11-13H,4,8,10H2,1-3H3,(H2,24,31)(H,26,27,32). The third kappa shape index (κ3) is 4.40. The number of nitrogens with one attached hydrogen (secondary N) is 1. The molecule has 0 saturated carbocycles. The number of benzene rings is 1. The van der Waals surface area contributed by atoms with Gasteiger partial charge in [0.15, 0.2) is 0 Å². The molecule has 0 saturated heterocycles. The summed E-state index contributed by atoms with van der Waals surface area (Å²) in [6.45, 7) is 4.78. The monoisotopic (exact) mass is 447 g/mol. The summed E-state index contributed by atoms with van der Waals surface area (Å²) in [6.07, 6.45) is 2.33. The van der Waals surface area contributed by atoms with Gasteiger partial charge in [0.25, 0.3) is 5.91 Å². The number of nitrogens with two attached hydrogens (primary N) is 1. The Morgan fingerprint density at radius 3 is 2.70 bits per heavy atom. The van der Waals surface area contributed by atoms with Crippen LogP contribution in [0.2, 0.25) is 0 Å². The van der Waals surface area contributed by atoms with Crippen LogP contribution >= 0.6 is 0 Å². The van der Waals surface area contributed by atoms with Crippen LogP contribution in [0.4, 0.5) is 5.95 Å². The van der Waals surface area contributed by atoms with Gasteiger partial charge in [-0.3, -0.25) is 24.6 Å². The zero-order valence-corrected chi connectivity index (χ0v) is 18.7. The molecule has 0 aliphatic rings. The summed E-state index contributed by atoms with van der Waals surface area (Å²) in [5.74, 6) is -0.163. The second-order valence-electron chi connectivity index (χ2n) is 7.51. The molecule has 0 bridgehead atoms. The van der Waals surface area contributed by atoms with Crippen molar-refractivity contribution in [3.63, 3.8) is 0 Å². The summed E-state index contributed by atoms with van der Waals surface area (Å²) >= 11 is 0. The number of hydrogen-bond donors (Lipinski definition) is 2. The summed E-state index contributed by atoms with van der Waals surface area (Å²) in [5, 5.41) is 7.24. The lowest BCUT2D eigenvalue weighted by Gasteiger charge is -2.12. The molecule has 3 heterocycles. The predicted molar refractivity (Wildman–Crippen MR) is 123 cm³/mol. The number of imidazole rings is 1. The highest BCUT2D eigenvalue weighted by Crippen LogP contribution is 2.31. The Kier molecular flexibility index (Phi) is 6.07. The van der Waals surface area contributed by atoms with Crippen molar-refractivity contribution >= 4 is 28.8 Å². The number of carbonyl (C=O) groups is 2. The van der Waals surface area contributed by atoms with Gasteiger partial charge in [-0.15, -0.1) is 0 Å². The Morgan fingerprint density at radius 1 is 1.21 bits per heavy atom. The van der Waals surface area contributed by atoms with Gasteiger partial charge >= 0.3 is 0 Å². The van der Waals surface area contributed by atoms with Crippen LogP contribution in [-0.2, 0) is 19.5 Å². The molecular weight excluding hydrogens is 422 g/mol. The molecule has 1 aromatic carbocycles. The third-order valence-electron chi connectivity index (χ3n) is 5.29. The fraction of sp³-hybridized carbons (Fsp3) is 0.261. The van der Waals surface area contributed by atoms with Crippen molar-refractivity contribution in [3.8, 4) is 5.75 Å². The number of ether oxygens (including phenoxy) is 1. The van der Waals surface area contributed by atoms with Crippen LogP contribution in [0, 0.1) is 6.92 Å². The van der Waals surface area contributed by atoms with Gasteiger partial charge in [0.05, 0.1) is 18.3 Å². The van der Waals surface area contributed by atoms with Crippen LogP contribution in [0.1, 0.15) is 39.2 Å². The Labute approximate surface area is 190 Å². The van der Waals surface area contributed by atoms with E-state index in [1.54, 1.807) is 29.1 Å². The Morgan fingerprint density at radius 2 is 2.03 bits per heavy atom. The van der Waals surface area contributed by atoms with Crippen LogP contribution < -0.4 is 15.8 Å². The minimum Gasteiger partial charge on any atom is -0.494 e. The minimum absolute atomic E-state index is 0.270. The van der Waals surface area contributed by atoms with Gasteiger partial charge in [-0.1, -0.05) is 6.07 Å². The number of amides is 2. The highest BCUT2D eigenvalue weighted by atomic mass is 16.5. The molecule has 170 valence electrons. The van der Waals surface area contributed by atoms with Gasteiger partial charge in [-0.05, 0) is 44.2 Å².